The molecular formula is C18H21N3O4. The summed E-state index contributed by atoms with van der Waals surface area (Å²) in [4.78, 5) is 40.8. The molecule has 1 aromatic carbocycles. The molecule has 0 unspecified atom stereocenters. The van der Waals surface area contributed by atoms with Crippen LogP contribution in [0.4, 0.5) is 0 Å². The highest BCUT2D eigenvalue weighted by Gasteiger charge is 2.29. The summed E-state index contributed by atoms with van der Waals surface area (Å²) in [5.41, 5.74) is -0.710. The molecule has 132 valence electrons. The Morgan fingerprint density at radius 2 is 2.00 bits per heavy atom. The third-order valence-corrected chi connectivity index (χ3v) is 4.54. The van der Waals surface area contributed by atoms with Gasteiger partial charge < -0.3 is 10.4 Å². The number of fused-ring (bicyclic) bond motifs is 2. The van der Waals surface area contributed by atoms with Crippen LogP contribution in [0.3, 0.4) is 0 Å². The molecule has 2 heterocycles. The Balaban J connectivity index is 2.01. The third-order valence-electron chi connectivity index (χ3n) is 4.54. The smallest absolute Gasteiger partial charge is 0.328 e. The zero-order valence-electron chi connectivity index (χ0n) is 14.3. The van der Waals surface area contributed by atoms with E-state index >= 15 is 0 Å². The van der Waals surface area contributed by atoms with E-state index in [2.05, 4.69) is 10.3 Å². The van der Waals surface area contributed by atoms with Crippen LogP contribution >= 0.6 is 0 Å². The number of carbonyl (C=O) groups is 2. The van der Waals surface area contributed by atoms with Gasteiger partial charge in [-0.05, 0) is 44.9 Å². The van der Waals surface area contributed by atoms with E-state index in [0.29, 0.717) is 17.4 Å². The van der Waals surface area contributed by atoms with E-state index < -0.39 is 17.4 Å². The summed E-state index contributed by atoms with van der Waals surface area (Å²) in [6.45, 7) is 3.50. The van der Waals surface area contributed by atoms with Crippen molar-refractivity contribution in [3.05, 3.63) is 39.9 Å². The van der Waals surface area contributed by atoms with E-state index in [1.807, 2.05) is 0 Å². The van der Waals surface area contributed by atoms with E-state index in [4.69, 9.17) is 5.11 Å². The second kappa shape index (κ2) is 6.31. The van der Waals surface area contributed by atoms with Crippen molar-refractivity contribution >= 4 is 22.8 Å². The van der Waals surface area contributed by atoms with Crippen LogP contribution in [0.15, 0.2) is 23.0 Å². The summed E-state index contributed by atoms with van der Waals surface area (Å²) in [5.74, 6) is -0.882. The molecule has 7 heteroatoms. The van der Waals surface area contributed by atoms with Crippen LogP contribution < -0.4 is 10.9 Å². The largest absolute Gasteiger partial charge is 0.480 e. The number of carboxylic acids is 1. The SMILES string of the molecule is CC(C)(NC(=O)c1ccc2c(=O)n3c(nc2c1)CCCCC3)C(=O)O. The zero-order valence-corrected chi connectivity index (χ0v) is 14.3. The quantitative estimate of drug-likeness (QED) is 0.883. The maximum Gasteiger partial charge on any atom is 0.328 e. The monoisotopic (exact) mass is 343 g/mol. The van der Waals surface area contributed by atoms with Crippen molar-refractivity contribution in [2.45, 2.75) is 51.6 Å². The average Bonchev–Trinajstić information content (AvgIpc) is 2.79. The van der Waals surface area contributed by atoms with E-state index in [1.54, 1.807) is 16.7 Å². The molecule has 0 saturated heterocycles. The first-order chi connectivity index (χ1) is 11.8. The maximum absolute atomic E-state index is 12.7. The first-order valence-corrected chi connectivity index (χ1v) is 8.39. The van der Waals surface area contributed by atoms with Gasteiger partial charge in [0.1, 0.15) is 11.4 Å². The topological polar surface area (TPSA) is 101 Å². The van der Waals surface area contributed by atoms with Crippen LogP contribution in [0.1, 0.15) is 49.3 Å². The van der Waals surface area contributed by atoms with Gasteiger partial charge in [0.25, 0.3) is 11.5 Å². The van der Waals surface area contributed by atoms with Gasteiger partial charge in [-0.1, -0.05) is 6.42 Å². The van der Waals surface area contributed by atoms with Crippen molar-refractivity contribution < 1.29 is 14.7 Å². The summed E-state index contributed by atoms with van der Waals surface area (Å²) in [6.07, 6.45) is 3.76. The van der Waals surface area contributed by atoms with Crippen LogP contribution in [-0.4, -0.2) is 32.1 Å². The third kappa shape index (κ3) is 3.26. The van der Waals surface area contributed by atoms with Gasteiger partial charge in [-0.15, -0.1) is 0 Å². The van der Waals surface area contributed by atoms with Crippen molar-refractivity contribution in [2.75, 3.05) is 0 Å². The van der Waals surface area contributed by atoms with E-state index in [9.17, 15) is 14.4 Å². The molecule has 0 saturated carbocycles. The number of benzene rings is 1. The molecule has 0 spiro atoms. The Kier molecular flexibility index (Phi) is 4.32. The first-order valence-electron chi connectivity index (χ1n) is 8.39. The molecular weight excluding hydrogens is 322 g/mol. The van der Waals surface area contributed by atoms with Gasteiger partial charge in [-0.2, -0.15) is 0 Å². The fourth-order valence-electron chi connectivity index (χ4n) is 2.97. The van der Waals surface area contributed by atoms with Crippen LogP contribution in [-0.2, 0) is 17.8 Å². The molecule has 3 rings (SSSR count). The summed E-state index contributed by atoms with van der Waals surface area (Å²) >= 11 is 0. The highest BCUT2D eigenvalue weighted by Crippen LogP contribution is 2.17. The summed E-state index contributed by atoms with van der Waals surface area (Å²) in [7, 11) is 0. The highest BCUT2D eigenvalue weighted by atomic mass is 16.4. The zero-order chi connectivity index (χ0) is 18.2. The van der Waals surface area contributed by atoms with Crippen LogP contribution in [0.25, 0.3) is 10.9 Å². The minimum absolute atomic E-state index is 0.0836. The Bertz CT molecular complexity index is 914. The lowest BCUT2D eigenvalue weighted by Crippen LogP contribution is -2.49. The summed E-state index contributed by atoms with van der Waals surface area (Å²) in [6, 6.07) is 4.67. The number of nitrogens with zero attached hydrogens (tertiary/aromatic N) is 2. The molecule has 2 N–H and O–H groups in total. The predicted molar refractivity (Wildman–Crippen MR) is 92.7 cm³/mol. The van der Waals surface area contributed by atoms with Gasteiger partial charge in [0.05, 0.1) is 10.9 Å². The predicted octanol–water partition coefficient (Wildman–Crippen LogP) is 1.72. The van der Waals surface area contributed by atoms with Crippen molar-refractivity contribution in [1.82, 2.24) is 14.9 Å². The molecule has 2 aromatic rings. The second-order valence-corrected chi connectivity index (χ2v) is 6.91. The summed E-state index contributed by atoms with van der Waals surface area (Å²) in [5, 5.41) is 12.1. The van der Waals surface area contributed by atoms with Crippen molar-refractivity contribution in [2.24, 2.45) is 0 Å². The Hall–Kier alpha value is -2.70. The number of aromatic nitrogens is 2. The Morgan fingerprint density at radius 3 is 2.72 bits per heavy atom. The van der Waals surface area contributed by atoms with Gasteiger partial charge in [0.15, 0.2) is 0 Å². The fraction of sp³-hybridized carbons (Fsp3) is 0.444. The van der Waals surface area contributed by atoms with Crippen molar-refractivity contribution in [3.63, 3.8) is 0 Å². The molecule has 1 aliphatic heterocycles. The lowest BCUT2D eigenvalue weighted by Gasteiger charge is -2.21. The fourth-order valence-corrected chi connectivity index (χ4v) is 2.97. The summed E-state index contributed by atoms with van der Waals surface area (Å²) < 4.78 is 1.72. The van der Waals surface area contributed by atoms with Gasteiger partial charge in [0, 0.05) is 18.5 Å². The normalized spacial score (nSPS) is 14.6. The Morgan fingerprint density at radius 1 is 1.24 bits per heavy atom. The van der Waals surface area contributed by atoms with E-state index in [1.165, 1.54) is 19.9 Å². The second-order valence-electron chi connectivity index (χ2n) is 6.91. The molecule has 1 aromatic heterocycles. The average molecular weight is 343 g/mol. The molecule has 1 amide bonds. The number of amides is 1. The van der Waals surface area contributed by atoms with E-state index in [-0.39, 0.29) is 11.1 Å². The highest BCUT2D eigenvalue weighted by molar-refractivity contribution is 6.00. The number of aryl methyl sites for hydroxylation is 1. The molecule has 0 aliphatic carbocycles. The molecule has 1 aliphatic rings. The number of carbonyl (C=O) groups excluding carboxylic acids is 1. The lowest BCUT2D eigenvalue weighted by molar-refractivity contribution is -0.143. The van der Waals surface area contributed by atoms with Gasteiger partial charge in [-0.25, -0.2) is 9.78 Å². The molecule has 0 atom stereocenters. The number of hydrogen-bond acceptors (Lipinski definition) is 4. The Labute approximate surface area is 144 Å². The number of nitrogens with one attached hydrogen (secondary N) is 1. The first kappa shape index (κ1) is 17.1. The minimum Gasteiger partial charge on any atom is -0.480 e. The number of hydrogen-bond donors (Lipinski definition) is 2. The number of rotatable bonds is 3. The number of aliphatic carboxylic acids is 1. The number of carboxylic acid groups (broad SMARTS) is 1. The lowest BCUT2D eigenvalue weighted by atomic mass is 10.0. The van der Waals surface area contributed by atoms with Crippen LogP contribution in [0.5, 0.6) is 0 Å². The molecule has 0 fully saturated rings. The van der Waals surface area contributed by atoms with E-state index in [0.717, 1.165) is 31.5 Å². The molecule has 0 bridgehead atoms. The van der Waals surface area contributed by atoms with Gasteiger partial charge >= 0.3 is 5.97 Å². The molecule has 7 nitrogen and oxygen atoms in total. The van der Waals surface area contributed by atoms with Gasteiger partial charge in [0.2, 0.25) is 0 Å². The minimum atomic E-state index is -1.38. The molecule has 25 heavy (non-hydrogen) atoms. The van der Waals surface area contributed by atoms with Crippen LogP contribution in [0, 0.1) is 0 Å². The van der Waals surface area contributed by atoms with Gasteiger partial charge in [-0.3, -0.25) is 14.2 Å². The standard InChI is InChI=1S/C18H21N3O4/c1-18(2,17(24)25)20-15(22)11-7-8-12-13(10-11)19-14-6-4-3-5-9-21(14)16(12)23/h7-8,10H,3-6,9H2,1-2H3,(H,20,22)(H,24,25). The molecule has 0 radical (unpaired) electrons. The maximum atomic E-state index is 12.7. The van der Waals surface area contributed by atoms with Crippen molar-refractivity contribution in [1.29, 1.82) is 0 Å². The van der Waals surface area contributed by atoms with Crippen LogP contribution in [0.2, 0.25) is 0 Å². The van der Waals surface area contributed by atoms with Crippen molar-refractivity contribution in [3.8, 4) is 0 Å².